The van der Waals surface area contributed by atoms with Gasteiger partial charge in [-0.2, -0.15) is 0 Å². The third kappa shape index (κ3) is 74.6. The minimum absolute atomic E-state index is 0. The largest absolute Gasteiger partial charge is 0.395 e. The summed E-state index contributed by atoms with van der Waals surface area (Å²) in [6.45, 7) is 61.7. The van der Waals surface area contributed by atoms with Crippen LogP contribution < -0.4 is 32.3 Å². The second kappa shape index (κ2) is 82.4. The van der Waals surface area contributed by atoms with Crippen molar-refractivity contribution < 1.29 is 58.1 Å². The standard InChI is InChI=1S/C14H22N2O.C13H25FO.C12H25NO2.C12H24O.C11H23NO2.C10H22N2O.C10H21NO2.C10H20O.2CH4/c1-4-7-13(11(2)3)14(17)16-10-12-8-5-6-9-15-12;1-5-6-7-13(10(2)3)12(9-14)8-11(4)15;1-6-7-10(9(2)3)11(14)13-8-12(4,5)15;1-5-6-7-12(10(2)3)9-8-11(4)13;1-4-5-6-10(9(2)3)11(14)12-7-8-13;1-4-5-9(8(2)3)10(13)12-7-6-11;1-4-5-9(8(2)3)10(13)11-6-7-12;1-5-7-9(8(3)4)10(11)6-2;;/h5-6,8-9,11,13H,4,7,10H2,1-3H3,(H,16,17);10,12-13H,5-9H2,1-4H3;9-10,15H,6-8H2,1-5H3,(H,13,14);10,12H,5-9H2,1-4H3;9-10,13H,4-8H2,1-3H3,(H,12,14);8-9H,4-7,11H2,1-3H3,(H,12,13);8-9,12H,4-7H2,1-3H3,(H,11,13);8-9H,5-7H2,1-4H3;2*1H4/t13-;12?,13-;10-;12-;10-;3*9-;;/m10110111../s1. The second-order valence-corrected chi connectivity index (χ2v) is 33.9. The molecule has 0 saturated carbocycles. The number of rotatable bonds is 51. The maximum Gasteiger partial charge on any atom is 0.223 e. The first-order chi connectivity index (χ1) is 52.0. The van der Waals surface area contributed by atoms with Crippen LogP contribution in [0.2, 0.25) is 0 Å². The number of amides is 5. The molecule has 0 aliphatic carbocycles. The highest BCUT2D eigenvalue weighted by molar-refractivity contribution is 5.82. The number of ketones is 3. The van der Waals surface area contributed by atoms with Crippen LogP contribution in [0.3, 0.4) is 0 Å². The number of aliphatic hydroxyl groups is 3. The summed E-state index contributed by atoms with van der Waals surface area (Å²) in [6, 6.07) is 5.73. The number of aromatic nitrogens is 1. The number of aliphatic hydroxyl groups excluding tert-OH is 2. The Balaban J connectivity index is -0.000000156. The summed E-state index contributed by atoms with van der Waals surface area (Å²) in [5.74, 6) is 6.91. The summed E-state index contributed by atoms with van der Waals surface area (Å²) < 4.78 is 12.9. The van der Waals surface area contributed by atoms with Crippen LogP contribution in [0, 0.1) is 101 Å². The van der Waals surface area contributed by atoms with Gasteiger partial charge in [0.05, 0.1) is 37.7 Å². The fraction of sp³-hybridized carbons (Fsp3) is 0.862. The maximum absolute atomic E-state index is 12.9. The summed E-state index contributed by atoms with van der Waals surface area (Å²) in [5, 5.41) is 40.7. The predicted octanol–water partition coefficient (Wildman–Crippen LogP) is 20.7. The Morgan fingerprint density at radius 2 is 0.788 bits per heavy atom. The Hall–Kier alpha value is -4.72. The number of Topliss-reactive ketones (excluding diaryl/α,β-unsaturated/α-hetero) is 3. The lowest BCUT2D eigenvalue weighted by atomic mass is 9.78. The number of pyridine rings is 1. The van der Waals surface area contributed by atoms with Gasteiger partial charge in [-0.25, -0.2) is 0 Å². The van der Waals surface area contributed by atoms with Crippen molar-refractivity contribution >= 4 is 46.9 Å². The molecule has 0 bridgehead atoms. The molecule has 19 heteroatoms. The third-order valence-corrected chi connectivity index (χ3v) is 20.1. The Kier molecular flexibility index (Phi) is 92.2. The van der Waals surface area contributed by atoms with E-state index in [1.54, 1.807) is 33.9 Å². The molecule has 0 radical (unpaired) electrons. The van der Waals surface area contributed by atoms with Gasteiger partial charge in [-0.15, -0.1) is 0 Å². The number of alkyl halides is 1. The van der Waals surface area contributed by atoms with E-state index in [1.165, 1.54) is 19.3 Å². The molecule has 1 aromatic rings. The van der Waals surface area contributed by atoms with Gasteiger partial charge in [0.2, 0.25) is 29.5 Å². The van der Waals surface area contributed by atoms with Crippen molar-refractivity contribution in [1.29, 1.82) is 0 Å². The van der Waals surface area contributed by atoms with Crippen molar-refractivity contribution in [1.82, 2.24) is 31.6 Å². The fourth-order valence-electron chi connectivity index (χ4n) is 13.0. The van der Waals surface area contributed by atoms with Gasteiger partial charge >= 0.3 is 0 Å². The Labute approximate surface area is 697 Å². The van der Waals surface area contributed by atoms with Gasteiger partial charge < -0.3 is 57.2 Å². The molecule has 0 spiro atoms. The van der Waals surface area contributed by atoms with Crippen LogP contribution in [0.5, 0.6) is 0 Å². The van der Waals surface area contributed by atoms with E-state index < -0.39 is 5.60 Å². The lowest BCUT2D eigenvalue weighted by Gasteiger charge is -2.27. The van der Waals surface area contributed by atoms with Crippen LogP contribution in [-0.4, -0.2) is 125 Å². The molecular formula is C94H190FN7O11. The zero-order chi connectivity index (χ0) is 87.2. The minimum atomic E-state index is -0.830. The summed E-state index contributed by atoms with van der Waals surface area (Å²) in [6.07, 6.45) is 25.1. The zero-order valence-electron chi connectivity index (χ0n) is 77.3. The van der Waals surface area contributed by atoms with Crippen molar-refractivity contribution in [2.75, 3.05) is 52.6 Å². The average Bonchev–Trinajstić information content (AvgIpc) is 0.920. The van der Waals surface area contributed by atoms with Crippen molar-refractivity contribution in [2.24, 2.45) is 106 Å². The number of hydrogen-bond acceptors (Lipinski definition) is 13. The average molecular weight is 1610 g/mol. The van der Waals surface area contributed by atoms with Gasteiger partial charge in [0.1, 0.15) is 17.3 Å². The molecule has 0 aromatic carbocycles. The summed E-state index contributed by atoms with van der Waals surface area (Å²) in [7, 11) is 0. The normalized spacial score (nSPS) is 13.2. The summed E-state index contributed by atoms with van der Waals surface area (Å²) in [4.78, 5) is 95.9. The highest BCUT2D eigenvalue weighted by atomic mass is 19.1. The van der Waals surface area contributed by atoms with Gasteiger partial charge in [-0.05, 0) is 156 Å². The first kappa shape index (κ1) is 126. The van der Waals surface area contributed by atoms with E-state index in [4.69, 9.17) is 15.9 Å². The van der Waals surface area contributed by atoms with E-state index in [0.717, 1.165) is 133 Å². The van der Waals surface area contributed by atoms with Crippen LogP contribution >= 0.6 is 0 Å². The van der Waals surface area contributed by atoms with E-state index in [0.29, 0.717) is 117 Å². The molecule has 0 aliphatic rings. The number of hydrogen-bond donors (Lipinski definition) is 9. The minimum Gasteiger partial charge on any atom is -0.395 e. The number of unbranched alkanes of at least 4 members (excludes halogenated alkanes) is 3. The molecule has 1 heterocycles. The van der Waals surface area contributed by atoms with Crippen LogP contribution in [0.15, 0.2) is 24.4 Å². The number of nitrogens with two attached hydrogens (primary N) is 1. The van der Waals surface area contributed by atoms with E-state index >= 15 is 0 Å². The molecule has 0 saturated heterocycles. The predicted molar refractivity (Wildman–Crippen MR) is 481 cm³/mol. The molecule has 1 aromatic heterocycles. The SMILES string of the molecule is C.C.CCCC[C@@H](C(C)C)C(CF)CC(C)=O.CCCC[C@H](C(=O)NCCO)C(C)C.CCCC[C@H](CCC(C)=O)C(C)C.CCC[C@@H](C(=O)CC)C(C)C.CCC[C@@H](C(=O)NCC(C)(C)O)C(C)C.CCC[C@@H](C(=O)NCCN)C(C)C.CCC[C@@H](C(=O)NCCO)C(C)C.CCC[C@@H](C(=O)NCc1ccccn1)C(C)C. The highest BCUT2D eigenvalue weighted by Gasteiger charge is 2.28. The molecule has 10 N–H and O–H groups in total. The van der Waals surface area contributed by atoms with Gasteiger partial charge in [0.15, 0.2) is 0 Å². The molecule has 113 heavy (non-hydrogen) atoms. The molecule has 0 aliphatic heterocycles. The van der Waals surface area contributed by atoms with E-state index in [9.17, 15) is 47.9 Å². The lowest BCUT2D eigenvalue weighted by molar-refractivity contribution is -0.128. The van der Waals surface area contributed by atoms with Gasteiger partial charge in [-0.1, -0.05) is 271 Å². The zero-order valence-corrected chi connectivity index (χ0v) is 77.3. The topological polar surface area (TPSA) is 296 Å². The van der Waals surface area contributed by atoms with Gasteiger partial charge in [0.25, 0.3) is 0 Å². The van der Waals surface area contributed by atoms with E-state index in [-0.39, 0.29) is 106 Å². The molecule has 674 valence electrons. The molecular weight excluding hydrogens is 1420 g/mol. The first-order valence-corrected chi connectivity index (χ1v) is 44.0. The quantitative estimate of drug-likeness (QED) is 0.0294. The summed E-state index contributed by atoms with van der Waals surface area (Å²) in [5.41, 5.74) is 5.38. The smallest absolute Gasteiger partial charge is 0.223 e. The fourth-order valence-corrected chi connectivity index (χ4v) is 13.0. The molecule has 18 nitrogen and oxygen atoms in total. The van der Waals surface area contributed by atoms with E-state index in [2.05, 4.69) is 198 Å². The molecule has 9 atom stereocenters. The molecule has 1 unspecified atom stereocenters. The number of halogens is 1. The van der Waals surface area contributed by atoms with Crippen molar-refractivity contribution in [3.63, 3.8) is 0 Å². The van der Waals surface area contributed by atoms with Crippen LogP contribution in [0.25, 0.3) is 0 Å². The number of carbonyl (C=O) groups is 8. The first-order valence-electron chi connectivity index (χ1n) is 44.0. The molecule has 1 rings (SSSR count). The van der Waals surface area contributed by atoms with Crippen molar-refractivity contribution in [3.05, 3.63) is 30.1 Å². The molecule has 0 fully saturated rings. The van der Waals surface area contributed by atoms with E-state index in [1.807, 2.05) is 25.1 Å². The Bertz CT molecular complexity index is 2330. The van der Waals surface area contributed by atoms with Gasteiger partial charge in [-0.3, -0.25) is 38.1 Å². The number of nitrogens with one attached hydrogen (secondary N) is 5. The number of carbonyl (C=O) groups excluding carboxylic acids is 8. The second-order valence-electron chi connectivity index (χ2n) is 33.9. The third-order valence-electron chi connectivity index (χ3n) is 20.1. The molecule has 5 amide bonds. The van der Waals surface area contributed by atoms with Crippen molar-refractivity contribution in [3.8, 4) is 0 Å². The van der Waals surface area contributed by atoms with Crippen LogP contribution in [0.1, 0.15) is 369 Å². The van der Waals surface area contributed by atoms with Crippen LogP contribution in [-0.2, 0) is 44.9 Å². The highest BCUT2D eigenvalue weighted by Crippen LogP contribution is 2.30. The summed E-state index contributed by atoms with van der Waals surface area (Å²) >= 11 is 0. The van der Waals surface area contributed by atoms with Gasteiger partial charge in [0, 0.05) is 93.7 Å². The number of nitrogens with zero attached hydrogens (tertiary/aromatic N) is 1. The Morgan fingerprint density at radius 1 is 0.434 bits per heavy atom. The Morgan fingerprint density at radius 3 is 1.08 bits per heavy atom. The monoisotopic (exact) mass is 1610 g/mol. The van der Waals surface area contributed by atoms with Crippen molar-refractivity contribution in [2.45, 2.75) is 375 Å². The lowest BCUT2D eigenvalue weighted by Crippen LogP contribution is -2.42. The maximum atomic E-state index is 12.9. The van der Waals surface area contributed by atoms with Crippen LogP contribution in [0.4, 0.5) is 4.39 Å².